The van der Waals surface area contributed by atoms with Gasteiger partial charge in [-0.25, -0.2) is 0 Å². The summed E-state index contributed by atoms with van der Waals surface area (Å²) in [6.07, 6.45) is 1.38. The third-order valence-corrected chi connectivity index (χ3v) is 4.30. The Bertz CT molecular complexity index is 593. The Morgan fingerprint density at radius 1 is 1.13 bits per heavy atom. The first-order valence-electron chi connectivity index (χ1n) is 7.75. The Balaban J connectivity index is 2.05. The van der Waals surface area contributed by atoms with Gasteiger partial charge in [-0.05, 0) is 31.4 Å². The van der Waals surface area contributed by atoms with E-state index in [0.717, 1.165) is 11.3 Å². The number of ether oxygens (including phenoxy) is 2. The van der Waals surface area contributed by atoms with Crippen molar-refractivity contribution >= 4 is 17.5 Å². The maximum Gasteiger partial charge on any atom is 0.227 e. The van der Waals surface area contributed by atoms with Crippen LogP contribution in [0.2, 0.25) is 0 Å². The fraction of sp³-hybridized carbons (Fsp3) is 0.529. The fourth-order valence-corrected chi connectivity index (χ4v) is 2.81. The number of likely N-dealkylation sites (tertiary alicyclic amines) is 1. The monoisotopic (exact) mass is 320 g/mol. The van der Waals surface area contributed by atoms with E-state index in [0.29, 0.717) is 37.4 Å². The molecule has 1 N–H and O–H groups in total. The highest BCUT2D eigenvalue weighted by Crippen LogP contribution is 2.33. The van der Waals surface area contributed by atoms with Gasteiger partial charge in [0.25, 0.3) is 0 Å². The molecule has 1 aromatic rings. The van der Waals surface area contributed by atoms with E-state index >= 15 is 0 Å². The zero-order valence-electron chi connectivity index (χ0n) is 14.1. The van der Waals surface area contributed by atoms with Crippen LogP contribution < -0.4 is 14.8 Å². The standard InChI is InChI=1S/C17H24N2O4/c1-11-9-15(22-3)16(23-4)10-14(11)18-17(21)13-5-7-19(8-6-13)12(2)20/h9-10,13H,5-8H2,1-4H3,(H,18,21). The smallest absolute Gasteiger partial charge is 0.227 e. The number of nitrogens with one attached hydrogen (secondary N) is 1. The molecule has 6 nitrogen and oxygen atoms in total. The number of anilines is 1. The van der Waals surface area contributed by atoms with Crippen molar-refractivity contribution in [2.75, 3.05) is 32.6 Å². The summed E-state index contributed by atoms with van der Waals surface area (Å²) in [6.45, 7) is 4.75. The number of aryl methyl sites for hydroxylation is 1. The summed E-state index contributed by atoms with van der Waals surface area (Å²) in [4.78, 5) is 25.6. The third-order valence-electron chi connectivity index (χ3n) is 4.30. The molecular weight excluding hydrogens is 296 g/mol. The summed E-state index contributed by atoms with van der Waals surface area (Å²) in [7, 11) is 3.15. The van der Waals surface area contributed by atoms with E-state index in [1.165, 1.54) is 0 Å². The van der Waals surface area contributed by atoms with Gasteiger partial charge in [-0.2, -0.15) is 0 Å². The quantitative estimate of drug-likeness (QED) is 0.923. The average Bonchev–Trinajstić information content (AvgIpc) is 2.56. The molecule has 0 atom stereocenters. The second kappa shape index (κ2) is 7.35. The number of rotatable bonds is 4. The van der Waals surface area contributed by atoms with Crippen molar-refractivity contribution < 1.29 is 19.1 Å². The van der Waals surface area contributed by atoms with E-state index < -0.39 is 0 Å². The first kappa shape index (κ1) is 17.1. The van der Waals surface area contributed by atoms with Gasteiger partial charge in [0, 0.05) is 37.7 Å². The van der Waals surface area contributed by atoms with Crippen molar-refractivity contribution in [2.24, 2.45) is 5.92 Å². The Hall–Kier alpha value is -2.24. The summed E-state index contributed by atoms with van der Waals surface area (Å²) in [6, 6.07) is 3.61. The van der Waals surface area contributed by atoms with Crippen LogP contribution in [0.5, 0.6) is 11.5 Å². The minimum Gasteiger partial charge on any atom is -0.493 e. The Morgan fingerprint density at radius 2 is 1.70 bits per heavy atom. The van der Waals surface area contributed by atoms with Gasteiger partial charge < -0.3 is 19.7 Å². The molecule has 0 unspecified atom stereocenters. The lowest BCUT2D eigenvalue weighted by atomic mass is 9.95. The van der Waals surface area contributed by atoms with Gasteiger partial charge in [0.1, 0.15) is 0 Å². The molecule has 0 bridgehead atoms. The van der Waals surface area contributed by atoms with Gasteiger partial charge in [-0.15, -0.1) is 0 Å². The molecule has 0 aliphatic carbocycles. The Kier molecular flexibility index (Phi) is 5.47. The number of benzene rings is 1. The van der Waals surface area contributed by atoms with E-state index in [1.54, 1.807) is 32.1 Å². The fourth-order valence-electron chi connectivity index (χ4n) is 2.81. The number of carbonyl (C=O) groups excluding carboxylic acids is 2. The molecule has 2 rings (SSSR count). The first-order chi connectivity index (χ1) is 11.0. The normalized spacial score (nSPS) is 15.2. The molecule has 1 aliphatic heterocycles. The molecule has 0 radical (unpaired) electrons. The number of methoxy groups -OCH3 is 2. The molecule has 1 aromatic carbocycles. The molecule has 1 aliphatic rings. The summed E-state index contributed by atoms with van der Waals surface area (Å²) >= 11 is 0. The zero-order chi connectivity index (χ0) is 17.0. The van der Waals surface area contributed by atoms with Crippen LogP contribution in [-0.2, 0) is 9.59 Å². The van der Waals surface area contributed by atoms with Crippen LogP contribution in [0.3, 0.4) is 0 Å². The molecule has 6 heteroatoms. The topological polar surface area (TPSA) is 67.9 Å². The minimum atomic E-state index is -0.0712. The highest BCUT2D eigenvalue weighted by atomic mass is 16.5. The number of hydrogen-bond acceptors (Lipinski definition) is 4. The largest absolute Gasteiger partial charge is 0.493 e. The summed E-state index contributed by atoms with van der Waals surface area (Å²) in [5.74, 6) is 1.21. The van der Waals surface area contributed by atoms with Crippen LogP contribution in [0.4, 0.5) is 5.69 Å². The molecule has 0 saturated carbocycles. The number of hydrogen-bond donors (Lipinski definition) is 1. The van der Waals surface area contributed by atoms with Gasteiger partial charge in [-0.3, -0.25) is 9.59 Å². The number of nitrogens with zero attached hydrogens (tertiary/aromatic N) is 1. The van der Waals surface area contributed by atoms with Crippen molar-refractivity contribution in [3.8, 4) is 11.5 Å². The van der Waals surface area contributed by atoms with Crippen molar-refractivity contribution in [3.63, 3.8) is 0 Å². The Morgan fingerprint density at radius 3 is 2.22 bits per heavy atom. The summed E-state index contributed by atoms with van der Waals surface area (Å²) in [5, 5.41) is 2.97. The van der Waals surface area contributed by atoms with Crippen molar-refractivity contribution in [2.45, 2.75) is 26.7 Å². The van der Waals surface area contributed by atoms with Crippen LogP contribution in [0.1, 0.15) is 25.3 Å². The average molecular weight is 320 g/mol. The lowest BCUT2D eigenvalue weighted by Gasteiger charge is -2.30. The highest BCUT2D eigenvalue weighted by Gasteiger charge is 2.26. The molecule has 23 heavy (non-hydrogen) atoms. The van der Waals surface area contributed by atoms with E-state index in [-0.39, 0.29) is 17.7 Å². The third kappa shape index (κ3) is 3.94. The predicted molar refractivity (Wildman–Crippen MR) is 87.9 cm³/mol. The molecule has 126 valence electrons. The molecule has 1 heterocycles. The van der Waals surface area contributed by atoms with Crippen LogP contribution in [0, 0.1) is 12.8 Å². The van der Waals surface area contributed by atoms with Crippen molar-refractivity contribution in [3.05, 3.63) is 17.7 Å². The summed E-state index contributed by atoms with van der Waals surface area (Å²) in [5.41, 5.74) is 1.64. The van der Waals surface area contributed by atoms with Crippen LogP contribution in [0.15, 0.2) is 12.1 Å². The summed E-state index contributed by atoms with van der Waals surface area (Å²) < 4.78 is 10.5. The molecule has 2 amide bonds. The van der Waals surface area contributed by atoms with Gasteiger partial charge in [0.2, 0.25) is 11.8 Å². The van der Waals surface area contributed by atoms with E-state index in [9.17, 15) is 9.59 Å². The lowest BCUT2D eigenvalue weighted by Crippen LogP contribution is -2.40. The van der Waals surface area contributed by atoms with Crippen molar-refractivity contribution in [1.82, 2.24) is 4.90 Å². The molecule has 0 spiro atoms. The SMILES string of the molecule is COc1cc(C)c(NC(=O)C2CCN(C(C)=O)CC2)cc1OC. The maximum atomic E-state index is 12.5. The second-order valence-electron chi connectivity index (χ2n) is 5.79. The molecule has 1 saturated heterocycles. The van der Waals surface area contributed by atoms with Gasteiger partial charge in [-0.1, -0.05) is 0 Å². The Labute approximate surface area is 136 Å². The second-order valence-corrected chi connectivity index (χ2v) is 5.79. The first-order valence-corrected chi connectivity index (χ1v) is 7.75. The molecule has 0 aromatic heterocycles. The minimum absolute atomic E-state index is 0.0106. The van der Waals surface area contributed by atoms with Gasteiger partial charge >= 0.3 is 0 Å². The molecule has 1 fully saturated rings. The number of piperidine rings is 1. The van der Waals surface area contributed by atoms with E-state index in [1.807, 2.05) is 13.0 Å². The zero-order valence-corrected chi connectivity index (χ0v) is 14.1. The number of amides is 2. The van der Waals surface area contributed by atoms with Crippen LogP contribution in [0.25, 0.3) is 0 Å². The van der Waals surface area contributed by atoms with Crippen LogP contribution in [-0.4, -0.2) is 44.0 Å². The van der Waals surface area contributed by atoms with Gasteiger partial charge in [0.15, 0.2) is 11.5 Å². The molecular formula is C17H24N2O4. The van der Waals surface area contributed by atoms with Crippen molar-refractivity contribution in [1.29, 1.82) is 0 Å². The maximum absolute atomic E-state index is 12.5. The van der Waals surface area contributed by atoms with Gasteiger partial charge in [0.05, 0.1) is 14.2 Å². The van der Waals surface area contributed by atoms with E-state index in [2.05, 4.69) is 5.32 Å². The number of carbonyl (C=O) groups is 2. The predicted octanol–water partition coefficient (Wildman–Crippen LogP) is 2.21. The lowest BCUT2D eigenvalue weighted by molar-refractivity contribution is -0.132. The van der Waals surface area contributed by atoms with Crippen LogP contribution >= 0.6 is 0 Å². The van der Waals surface area contributed by atoms with E-state index in [4.69, 9.17) is 9.47 Å². The highest BCUT2D eigenvalue weighted by molar-refractivity contribution is 5.94.